The van der Waals surface area contributed by atoms with Gasteiger partial charge in [-0.1, -0.05) is 26.2 Å². The molecule has 2 aliphatic rings. The summed E-state index contributed by atoms with van der Waals surface area (Å²) >= 11 is 0. The number of carbonyl (C=O) groups is 1. The highest BCUT2D eigenvalue weighted by Gasteiger charge is 2.45. The van der Waals surface area contributed by atoms with Crippen LogP contribution < -0.4 is 4.90 Å². The molecule has 1 aromatic rings. The van der Waals surface area contributed by atoms with E-state index in [1.807, 2.05) is 11.8 Å². The fourth-order valence-electron chi connectivity index (χ4n) is 4.43. The van der Waals surface area contributed by atoms with Crippen LogP contribution in [0, 0.1) is 17.0 Å². The van der Waals surface area contributed by atoms with Crippen LogP contribution in [0.25, 0.3) is 0 Å². The molecule has 1 saturated carbocycles. The van der Waals surface area contributed by atoms with E-state index in [-0.39, 0.29) is 22.1 Å². The van der Waals surface area contributed by atoms with Gasteiger partial charge in [0.15, 0.2) is 0 Å². The van der Waals surface area contributed by atoms with E-state index >= 15 is 0 Å². The van der Waals surface area contributed by atoms with Gasteiger partial charge in [-0.05, 0) is 43.2 Å². The first-order chi connectivity index (χ1) is 10.5. The standard InChI is InChI=1S/C17H22N2O3/c1-12-8-14(19(21)22)9-15-13(2)10-17(6-4-3-5-7-17)18(11-20)16(12)15/h8-9,11,13H,3-7,10H2,1-2H3. The molecular formula is C17H22N2O3. The number of nitro benzene ring substituents is 1. The summed E-state index contributed by atoms with van der Waals surface area (Å²) in [5, 5.41) is 11.1. The van der Waals surface area contributed by atoms with Crippen molar-refractivity contribution in [3.05, 3.63) is 33.4 Å². The Hall–Kier alpha value is -1.91. The third kappa shape index (κ3) is 2.19. The zero-order valence-corrected chi connectivity index (χ0v) is 13.2. The van der Waals surface area contributed by atoms with Gasteiger partial charge in [-0.2, -0.15) is 0 Å². The third-order valence-corrected chi connectivity index (χ3v) is 5.38. The lowest BCUT2D eigenvalue weighted by molar-refractivity contribution is -0.385. The molecule has 0 aromatic heterocycles. The van der Waals surface area contributed by atoms with Gasteiger partial charge in [0.1, 0.15) is 0 Å². The number of benzene rings is 1. The SMILES string of the molecule is Cc1cc([N+](=O)[O-])cc2c1N(C=O)C1(CCCCC1)CC2C. The van der Waals surface area contributed by atoms with E-state index in [1.54, 1.807) is 12.1 Å². The summed E-state index contributed by atoms with van der Waals surface area (Å²) in [7, 11) is 0. The van der Waals surface area contributed by atoms with Crippen LogP contribution in [0.5, 0.6) is 0 Å². The van der Waals surface area contributed by atoms with E-state index in [9.17, 15) is 14.9 Å². The van der Waals surface area contributed by atoms with Crippen molar-refractivity contribution >= 4 is 17.8 Å². The number of anilines is 1. The number of amides is 1. The summed E-state index contributed by atoms with van der Waals surface area (Å²) in [6, 6.07) is 3.24. The Balaban J connectivity index is 2.15. The summed E-state index contributed by atoms with van der Waals surface area (Å²) in [4.78, 5) is 24.5. The second kappa shape index (κ2) is 5.38. The lowest BCUT2D eigenvalue weighted by Crippen LogP contribution is -2.53. The van der Waals surface area contributed by atoms with Gasteiger partial charge in [-0.3, -0.25) is 14.9 Å². The normalized spacial score (nSPS) is 23.2. The highest BCUT2D eigenvalue weighted by molar-refractivity contribution is 5.83. The fraction of sp³-hybridized carbons (Fsp3) is 0.588. The van der Waals surface area contributed by atoms with E-state index in [0.29, 0.717) is 0 Å². The van der Waals surface area contributed by atoms with E-state index < -0.39 is 0 Å². The zero-order valence-electron chi connectivity index (χ0n) is 13.2. The molecule has 1 heterocycles. The van der Waals surface area contributed by atoms with Crippen LogP contribution in [-0.4, -0.2) is 16.9 Å². The average Bonchev–Trinajstić information content (AvgIpc) is 2.49. The molecule has 5 heteroatoms. The first-order valence-corrected chi connectivity index (χ1v) is 8.02. The molecule has 1 amide bonds. The van der Waals surface area contributed by atoms with Crippen molar-refractivity contribution in [2.45, 2.75) is 63.8 Å². The minimum absolute atomic E-state index is 0.0900. The molecule has 1 spiro atoms. The lowest BCUT2D eigenvalue weighted by Gasteiger charge is -2.50. The monoisotopic (exact) mass is 302 g/mol. The fourth-order valence-corrected chi connectivity index (χ4v) is 4.43. The highest BCUT2D eigenvalue weighted by Crippen LogP contribution is 2.50. The Kier molecular flexibility index (Phi) is 3.67. The number of aryl methyl sites for hydroxylation is 1. The van der Waals surface area contributed by atoms with E-state index in [2.05, 4.69) is 6.92 Å². The number of carbonyl (C=O) groups excluding carboxylic acids is 1. The van der Waals surface area contributed by atoms with Crippen LogP contribution >= 0.6 is 0 Å². The van der Waals surface area contributed by atoms with E-state index in [0.717, 1.165) is 55.3 Å². The molecule has 0 radical (unpaired) electrons. The van der Waals surface area contributed by atoms with Crippen molar-refractivity contribution in [3.63, 3.8) is 0 Å². The molecule has 0 N–H and O–H groups in total. The van der Waals surface area contributed by atoms with Gasteiger partial charge in [0, 0.05) is 17.7 Å². The molecule has 0 bridgehead atoms. The Bertz CT molecular complexity index is 621. The summed E-state index contributed by atoms with van der Waals surface area (Å²) in [6.45, 7) is 4.00. The van der Waals surface area contributed by atoms with Crippen LogP contribution in [0.2, 0.25) is 0 Å². The number of non-ortho nitro benzene ring substituents is 1. The number of hydrogen-bond donors (Lipinski definition) is 0. The van der Waals surface area contributed by atoms with Gasteiger partial charge in [0.25, 0.3) is 5.69 Å². The number of hydrogen-bond acceptors (Lipinski definition) is 3. The summed E-state index contributed by atoms with van der Waals surface area (Å²) in [5.74, 6) is 0.239. The first kappa shape index (κ1) is 15.0. The molecule has 22 heavy (non-hydrogen) atoms. The maximum atomic E-state index is 11.9. The number of fused-ring (bicyclic) bond motifs is 1. The van der Waals surface area contributed by atoms with E-state index in [4.69, 9.17) is 0 Å². The molecule has 0 saturated heterocycles. The van der Waals surface area contributed by atoms with Crippen LogP contribution in [0.1, 0.15) is 62.5 Å². The molecular weight excluding hydrogens is 280 g/mol. The van der Waals surface area contributed by atoms with Crippen LogP contribution in [0.4, 0.5) is 11.4 Å². The molecule has 1 atom stereocenters. The van der Waals surface area contributed by atoms with Gasteiger partial charge < -0.3 is 4.90 Å². The molecule has 3 rings (SSSR count). The van der Waals surface area contributed by atoms with Gasteiger partial charge in [0.05, 0.1) is 10.6 Å². The predicted octanol–water partition coefficient (Wildman–Crippen LogP) is 4.08. The largest absolute Gasteiger partial charge is 0.308 e. The molecule has 5 nitrogen and oxygen atoms in total. The Labute approximate surface area is 130 Å². The predicted molar refractivity (Wildman–Crippen MR) is 85.2 cm³/mol. The Morgan fingerprint density at radius 2 is 2.00 bits per heavy atom. The van der Waals surface area contributed by atoms with Gasteiger partial charge in [0.2, 0.25) is 6.41 Å². The van der Waals surface area contributed by atoms with Crippen molar-refractivity contribution < 1.29 is 9.72 Å². The second-order valence-electron chi connectivity index (χ2n) is 6.82. The van der Waals surface area contributed by atoms with E-state index in [1.165, 1.54) is 6.42 Å². The number of rotatable bonds is 2. The summed E-state index contributed by atoms with van der Waals surface area (Å²) in [5.41, 5.74) is 2.70. The molecule has 118 valence electrons. The molecule has 1 unspecified atom stereocenters. The maximum absolute atomic E-state index is 11.9. The minimum atomic E-state index is -0.351. The minimum Gasteiger partial charge on any atom is -0.308 e. The maximum Gasteiger partial charge on any atom is 0.270 e. The van der Waals surface area contributed by atoms with Crippen molar-refractivity contribution in [1.29, 1.82) is 0 Å². The van der Waals surface area contributed by atoms with Crippen LogP contribution in [0.15, 0.2) is 12.1 Å². The third-order valence-electron chi connectivity index (χ3n) is 5.38. The van der Waals surface area contributed by atoms with Crippen LogP contribution in [-0.2, 0) is 4.79 Å². The van der Waals surface area contributed by atoms with Gasteiger partial charge in [-0.25, -0.2) is 0 Å². The quantitative estimate of drug-likeness (QED) is 0.470. The lowest BCUT2D eigenvalue weighted by atomic mass is 9.70. The molecule has 1 aliphatic carbocycles. The molecule has 1 aliphatic heterocycles. The van der Waals surface area contributed by atoms with Gasteiger partial charge >= 0.3 is 0 Å². The smallest absolute Gasteiger partial charge is 0.270 e. The Morgan fingerprint density at radius 1 is 1.32 bits per heavy atom. The van der Waals surface area contributed by atoms with Crippen LogP contribution in [0.3, 0.4) is 0 Å². The Morgan fingerprint density at radius 3 is 2.59 bits per heavy atom. The summed E-state index contributed by atoms with van der Waals surface area (Å²) in [6.07, 6.45) is 7.44. The number of nitrogens with zero attached hydrogens (tertiary/aromatic N) is 2. The van der Waals surface area contributed by atoms with Crippen molar-refractivity contribution in [1.82, 2.24) is 0 Å². The second-order valence-corrected chi connectivity index (χ2v) is 6.82. The van der Waals surface area contributed by atoms with Crippen molar-refractivity contribution in [2.75, 3.05) is 4.90 Å². The number of nitro groups is 1. The average molecular weight is 302 g/mol. The van der Waals surface area contributed by atoms with Crippen molar-refractivity contribution in [2.24, 2.45) is 0 Å². The molecule has 1 aromatic carbocycles. The topological polar surface area (TPSA) is 63.5 Å². The molecule has 1 fully saturated rings. The summed E-state index contributed by atoms with van der Waals surface area (Å²) < 4.78 is 0. The zero-order chi connectivity index (χ0) is 15.9. The van der Waals surface area contributed by atoms with Gasteiger partial charge in [-0.15, -0.1) is 0 Å². The van der Waals surface area contributed by atoms with Crippen molar-refractivity contribution in [3.8, 4) is 0 Å². The highest BCUT2D eigenvalue weighted by atomic mass is 16.6. The first-order valence-electron chi connectivity index (χ1n) is 8.02.